The summed E-state index contributed by atoms with van der Waals surface area (Å²) >= 11 is 0. The molecule has 1 fully saturated rings. The number of hydrogen-bond acceptors (Lipinski definition) is 4. The first-order valence-electron chi connectivity index (χ1n) is 8.12. The third-order valence-corrected chi connectivity index (χ3v) is 4.17. The average Bonchev–Trinajstić information content (AvgIpc) is 2.59. The van der Waals surface area contributed by atoms with Gasteiger partial charge in [0, 0.05) is 38.2 Å². The maximum Gasteiger partial charge on any atom is 0.303 e. The fourth-order valence-electron chi connectivity index (χ4n) is 2.62. The molecule has 0 radical (unpaired) electrons. The van der Waals surface area contributed by atoms with Gasteiger partial charge in [-0.2, -0.15) is 0 Å². The topological polar surface area (TPSA) is 90.0 Å². The van der Waals surface area contributed by atoms with Crippen LogP contribution in [0.2, 0.25) is 0 Å². The number of halogens is 1. The Labute approximate surface area is 145 Å². The molecule has 1 atom stereocenters. The summed E-state index contributed by atoms with van der Waals surface area (Å²) in [6, 6.07) is 4.03. The van der Waals surface area contributed by atoms with Crippen LogP contribution >= 0.6 is 0 Å². The predicted molar refractivity (Wildman–Crippen MR) is 88.6 cm³/mol. The van der Waals surface area contributed by atoms with Crippen LogP contribution in [0.4, 0.5) is 4.39 Å². The normalized spacial score (nSPS) is 16.3. The summed E-state index contributed by atoms with van der Waals surface area (Å²) in [7, 11) is 1.96. The molecule has 25 heavy (non-hydrogen) atoms. The lowest BCUT2D eigenvalue weighted by atomic mass is 10.1. The van der Waals surface area contributed by atoms with Gasteiger partial charge in [0.05, 0.1) is 0 Å². The number of carboxylic acids is 1. The number of nitrogens with one attached hydrogen (secondary N) is 1. The smallest absolute Gasteiger partial charge is 0.303 e. The Kier molecular flexibility index (Phi) is 6.46. The second-order valence-corrected chi connectivity index (χ2v) is 6.09. The number of likely N-dealkylation sites (N-methyl/N-ethyl adjacent to an activating group) is 1. The molecule has 8 heteroatoms. The van der Waals surface area contributed by atoms with E-state index in [4.69, 9.17) is 5.11 Å². The number of rotatable bonds is 6. The zero-order valence-electron chi connectivity index (χ0n) is 14.1. The van der Waals surface area contributed by atoms with E-state index in [1.165, 1.54) is 12.1 Å². The number of aliphatic carboxylic acids is 1. The lowest BCUT2D eigenvalue weighted by Gasteiger charge is -2.34. The van der Waals surface area contributed by atoms with Crippen LogP contribution in [0.15, 0.2) is 24.3 Å². The minimum atomic E-state index is -1.03. The third-order valence-electron chi connectivity index (χ3n) is 4.17. The Balaban J connectivity index is 2.06. The number of carbonyl (C=O) groups excluding carboxylic acids is 2. The van der Waals surface area contributed by atoms with Gasteiger partial charge in [0.1, 0.15) is 11.9 Å². The van der Waals surface area contributed by atoms with Crippen molar-refractivity contribution in [1.82, 2.24) is 15.1 Å². The maximum absolute atomic E-state index is 13.0. The zero-order chi connectivity index (χ0) is 18.4. The largest absolute Gasteiger partial charge is 0.481 e. The predicted octanol–water partition coefficient (Wildman–Crippen LogP) is 0.563. The Hall–Kier alpha value is -2.48. The van der Waals surface area contributed by atoms with Gasteiger partial charge in [-0.3, -0.25) is 14.4 Å². The van der Waals surface area contributed by atoms with E-state index >= 15 is 0 Å². The summed E-state index contributed by atoms with van der Waals surface area (Å²) in [5.74, 6) is -2.32. The zero-order valence-corrected chi connectivity index (χ0v) is 14.1. The van der Waals surface area contributed by atoms with Crippen LogP contribution in [0.5, 0.6) is 0 Å². The molecule has 2 amide bonds. The summed E-state index contributed by atoms with van der Waals surface area (Å²) in [6.07, 6.45) is -0.221. The molecule has 136 valence electrons. The van der Waals surface area contributed by atoms with Crippen molar-refractivity contribution in [3.05, 3.63) is 35.6 Å². The van der Waals surface area contributed by atoms with E-state index in [9.17, 15) is 18.8 Å². The van der Waals surface area contributed by atoms with Gasteiger partial charge in [0.25, 0.3) is 5.91 Å². The highest BCUT2D eigenvalue weighted by molar-refractivity contribution is 5.97. The molecule has 0 aliphatic carbocycles. The van der Waals surface area contributed by atoms with Gasteiger partial charge >= 0.3 is 5.97 Å². The first-order valence-corrected chi connectivity index (χ1v) is 8.12. The molecule has 1 aliphatic heterocycles. The number of carbonyl (C=O) groups is 3. The van der Waals surface area contributed by atoms with Crippen molar-refractivity contribution >= 4 is 17.8 Å². The lowest BCUT2D eigenvalue weighted by molar-refractivity contribution is -0.138. The molecule has 1 unspecified atom stereocenters. The van der Waals surface area contributed by atoms with E-state index in [0.717, 1.165) is 25.2 Å². The van der Waals surface area contributed by atoms with E-state index in [1.807, 2.05) is 7.05 Å². The fraction of sp³-hybridized carbons (Fsp3) is 0.471. The van der Waals surface area contributed by atoms with Gasteiger partial charge in [-0.25, -0.2) is 4.39 Å². The number of hydrogen-bond donors (Lipinski definition) is 2. The highest BCUT2D eigenvalue weighted by atomic mass is 19.1. The van der Waals surface area contributed by atoms with Crippen LogP contribution in [0, 0.1) is 5.82 Å². The fourth-order valence-corrected chi connectivity index (χ4v) is 2.62. The first kappa shape index (κ1) is 18.9. The Morgan fingerprint density at radius 2 is 1.76 bits per heavy atom. The number of benzene rings is 1. The van der Waals surface area contributed by atoms with Gasteiger partial charge in [0.15, 0.2) is 0 Å². The Morgan fingerprint density at radius 1 is 1.16 bits per heavy atom. The van der Waals surface area contributed by atoms with Crippen LogP contribution in [-0.2, 0) is 9.59 Å². The maximum atomic E-state index is 13.0. The highest BCUT2D eigenvalue weighted by Gasteiger charge is 2.28. The monoisotopic (exact) mass is 351 g/mol. The molecule has 1 heterocycles. The van der Waals surface area contributed by atoms with Gasteiger partial charge in [-0.1, -0.05) is 0 Å². The molecule has 1 aromatic rings. The third kappa shape index (κ3) is 5.53. The summed E-state index contributed by atoms with van der Waals surface area (Å²) in [5.41, 5.74) is 0.216. The summed E-state index contributed by atoms with van der Waals surface area (Å²) in [4.78, 5) is 39.5. The van der Waals surface area contributed by atoms with E-state index in [0.29, 0.717) is 13.1 Å². The van der Waals surface area contributed by atoms with Crippen molar-refractivity contribution in [3.8, 4) is 0 Å². The minimum Gasteiger partial charge on any atom is -0.481 e. The second kappa shape index (κ2) is 8.57. The minimum absolute atomic E-state index is 0.00738. The second-order valence-electron chi connectivity index (χ2n) is 6.09. The van der Waals surface area contributed by atoms with Crippen LogP contribution in [-0.4, -0.2) is 72.0 Å². The molecule has 7 nitrogen and oxygen atoms in total. The molecule has 2 N–H and O–H groups in total. The lowest BCUT2D eigenvalue weighted by Crippen LogP contribution is -2.54. The van der Waals surface area contributed by atoms with Gasteiger partial charge in [-0.05, 0) is 37.7 Å². The Morgan fingerprint density at radius 3 is 2.32 bits per heavy atom. The molecule has 1 aromatic carbocycles. The quantitative estimate of drug-likeness (QED) is 0.782. The van der Waals surface area contributed by atoms with Gasteiger partial charge < -0.3 is 20.2 Å². The summed E-state index contributed by atoms with van der Waals surface area (Å²) in [6.45, 7) is 2.52. The molecule has 1 aliphatic rings. The molecule has 2 rings (SSSR count). The van der Waals surface area contributed by atoms with Gasteiger partial charge in [0.2, 0.25) is 5.91 Å². The molecule has 0 spiro atoms. The van der Waals surface area contributed by atoms with E-state index in [-0.39, 0.29) is 24.3 Å². The van der Waals surface area contributed by atoms with Crippen molar-refractivity contribution < 1.29 is 23.9 Å². The van der Waals surface area contributed by atoms with Crippen molar-refractivity contribution in [2.75, 3.05) is 33.2 Å². The summed E-state index contributed by atoms with van der Waals surface area (Å²) < 4.78 is 13.0. The van der Waals surface area contributed by atoms with Gasteiger partial charge in [-0.15, -0.1) is 0 Å². The van der Waals surface area contributed by atoms with Crippen LogP contribution in [0.25, 0.3) is 0 Å². The van der Waals surface area contributed by atoms with Crippen LogP contribution < -0.4 is 5.32 Å². The number of piperazine rings is 1. The van der Waals surface area contributed by atoms with E-state index in [2.05, 4.69) is 10.2 Å². The average molecular weight is 351 g/mol. The molecular weight excluding hydrogens is 329 g/mol. The SMILES string of the molecule is CN1CCN(C(=O)C(CCC(=O)O)NC(=O)c2ccc(F)cc2)CC1. The molecule has 0 aromatic heterocycles. The van der Waals surface area contributed by atoms with Crippen molar-refractivity contribution in [3.63, 3.8) is 0 Å². The van der Waals surface area contributed by atoms with E-state index < -0.39 is 23.7 Å². The van der Waals surface area contributed by atoms with Crippen molar-refractivity contribution in [2.45, 2.75) is 18.9 Å². The van der Waals surface area contributed by atoms with E-state index in [1.54, 1.807) is 4.90 Å². The first-order chi connectivity index (χ1) is 11.9. The van der Waals surface area contributed by atoms with Crippen molar-refractivity contribution in [1.29, 1.82) is 0 Å². The molecule has 1 saturated heterocycles. The molecular formula is C17H22FN3O4. The van der Waals surface area contributed by atoms with Crippen LogP contribution in [0.1, 0.15) is 23.2 Å². The highest BCUT2D eigenvalue weighted by Crippen LogP contribution is 2.09. The summed E-state index contributed by atoms with van der Waals surface area (Å²) in [5, 5.41) is 11.5. The van der Waals surface area contributed by atoms with Crippen molar-refractivity contribution in [2.24, 2.45) is 0 Å². The van der Waals surface area contributed by atoms with Crippen LogP contribution in [0.3, 0.4) is 0 Å². The standard InChI is InChI=1S/C17H22FN3O4/c1-20-8-10-21(11-9-20)17(25)14(6-7-15(22)23)19-16(24)12-2-4-13(18)5-3-12/h2-5,14H,6-11H2,1H3,(H,19,24)(H,22,23). The number of carboxylic acid groups (broad SMARTS) is 1. The number of amides is 2. The number of nitrogens with zero attached hydrogens (tertiary/aromatic N) is 2. The molecule has 0 bridgehead atoms. The molecule has 0 saturated carbocycles. The Bertz CT molecular complexity index is 627.